The van der Waals surface area contributed by atoms with Crippen LogP contribution in [0.4, 0.5) is 0 Å². The molecular formula is C18H34N4OS2. The molecule has 1 saturated carbocycles. The molecule has 7 heteroatoms. The molecule has 2 aliphatic rings. The number of nitrogens with zero attached hydrogens (tertiary/aromatic N) is 2. The van der Waals surface area contributed by atoms with E-state index in [0.29, 0.717) is 11.9 Å². The number of carbonyl (C=O) groups is 1. The molecule has 0 aromatic carbocycles. The van der Waals surface area contributed by atoms with E-state index in [1.165, 1.54) is 0 Å². The normalized spacial score (nSPS) is 24.9. The highest BCUT2D eigenvalue weighted by atomic mass is 32.2. The Morgan fingerprint density at radius 3 is 2.60 bits per heavy atom. The number of thioether (sulfide) groups is 2. The van der Waals surface area contributed by atoms with Gasteiger partial charge in [0.1, 0.15) is 0 Å². The zero-order valence-corrected chi connectivity index (χ0v) is 17.4. The maximum Gasteiger partial charge on any atom is 0.225 e. The molecule has 144 valence electrons. The summed E-state index contributed by atoms with van der Waals surface area (Å²) in [4.78, 5) is 19.4. The maximum absolute atomic E-state index is 12.6. The highest BCUT2D eigenvalue weighted by Crippen LogP contribution is 2.27. The first-order valence-corrected chi connectivity index (χ1v) is 12.2. The number of carbonyl (C=O) groups excluding carboxylic acids is 1. The zero-order valence-electron chi connectivity index (χ0n) is 15.8. The van der Waals surface area contributed by atoms with Crippen molar-refractivity contribution in [2.45, 2.75) is 45.1 Å². The monoisotopic (exact) mass is 386 g/mol. The number of aliphatic imine (C=N–C) groups is 1. The van der Waals surface area contributed by atoms with Crippen molar-refractivity contribution in [1.29, 1.82) is 0 Å². The Morgan fingerprint density at radius 2 is 1.96 bits per heavy atom. The second kappa shape index (κ2) is 11.9. The van der Waals surface area contributed by atoms with Gasteiger partial charge in [-0.05, 0) is 51.0 Å². The predicted octanol–water partition coefficient (Wildman–Crippen LogP) is 2.43. The average molecular weight is 387 g/mol. The van der Waals surface area contributed by atoms with Crippen molar-refractivity contribution < 1.29 is 4.79 Å². The summed E-state index contributed by atoms with van der Waals surface area (Å²) in [7, 11) is 0. The van der Waals surface area contributed by atoms with Gasteiger partial charge in [0.2, 0.25) is 5.91 Å². The number of amides is 1. The van der Waals surface area contributed by atoms with E-state index in [0.717, 1.165) is 81.5 Å². The smallest absolute Gasteiger partial charge is 0.225 e. The first kappa shape index (κ1) is 20.7. The molecule has 1 aliphatic heterocycles. The summed E-state index contributed by atoms with van der Waals surface area (Å²) in [5.74, 6) is 4.93. The van der Waals surface area contributed by atoms with Crippen LogP contribution in [0.3, 0.4) is 0 Å². The Balaban J connectivity index is 1.74. The molecule has 2 rings (SSSR count). The summed E-state index contributed by atoms with van der Waals surface area (Å²) >= 11 is 3.83. The Labute approximate surface area is 161 Å². The number of rotatable bonds is 7. The highest BCUT2D eigenvalue weighted by molar-refractivity contribution is 7.99. The maximum atomic E-state index is 12.6. The van der Waals surface area contributed by atoms with E-state index in [4.69, 9.17) is 0 Å². The van der Waals surface area contributed by atoms with Gasteiger partial charge >= 0.3 is 0 Å². The lowest BCUT2D eigenvalue weighted by Gasteiger charge is -2.34. The van der Waals surface area contributed by atoms with Crippen LogP contribution in [-0.2, 0) is 4.79 Å². The number of hydrogen-bond acceptors (Lipinski definition) is 4. The molecule has 1 amide bonds. The minimum Gasteiger partial charge on any atom is -0.357 e. The fourth-order valence-electron chi connectivity index (χ4n) is 3.44. The topological polar surface area (TPSA) is 56.7 Å². The number of guanidine groups is 1. The van der Waals surface area contributed by atoms with Crippen LogP contribution in [0, 0.1) is 5.92 Å². The van der Waals surface area contributed by atoms with Crippen molar-refractivity contribution in [1.82, 2.24) is 15.5 Å². The molecule has 1 saturated heterocycles. The summed E-state index contributed by atoms with van der Waals surface area (Å²) in [6.45, 7) is 5.74. The minimum atomic E-state index is 0.238. The average Bonchev–Trinajstić information content (AvgIpc) is 2.66. The van der Waals surface area contributed by atoms with Crippen LogP contribution in [-0.4, -0.2) is 72.5 Å². The van der Waals surface area contributed by atoms with Gasteiger partial charge in [0.25, 0.3) is 0 Å². The van der Waals surface area contributed by atoms with E-state index in [2.05, 4.69) is 33.7 Å². The van der Waals surface area contributed by atoms with E-state index in [1.54, 1.807) is 0 Å². The third kappa shape index (κ3) is 7.29. The van der Waals surface area contributed by atoms with Crippen LogP contribution in [0.25, 0.3) is 0 Å². The van der Waals surface area contributed by atoms with Gasteiger partial charge in [-0.15, -0.1) is 0 Å². The van der Waals surface area contributed by atoms with Gasteiger partial charge < -0.3 is 15.5 Å². The molecule has 0 aromatic heterocycles. The first-order chi connectivity index (χ1) is 12.2. The highest BCUT2D eigenvalue weighted by Gasteiger charge is 2.30. The van der Waals surface area contributed by atoms with Gasteiger partial charge in [-0.3, -0.25) is 9.79 Å². The lowest BCUT2D eigenvalue weighted by atomic mass is 9.85. The van der Waals surface area contributed by atoms with Crippen LogP contribution in [0.15, 0.2) is 4.99 Å². The number of nitrogens with one attached hydrogen (secondary N) is 2. The van der Waals surface area contributed by atoms with Gasteiger partial charge in [0.05, 0.1) is 0 Å². The molecule has 0 bridgehead atoms. The Kier molecular flexibility index (Phi) is 9.91. The molecule has 2 N–H and O–H groups in total. The molecule has 1 heterocycles. The summed E-state index contributed by atoms with van der Waals surface area (Å²) < 4.78 is 0. The van der Waals surface area contributed by atoms with E-state index < -0.39 is 0 Å². The van der Waals surface area contributed by atoms with Gasteiger partial charge in [-0.25, -0.2) is 0 Å². The third-order valence-corrected chi connectivity index (χ3v) is 6.50. The van der Waals surface area contributed by atoms with E-state index in [9.17, 15) is 4.79 Å². The van der Waals surface area contributed by atoms with Gasteiger partial charge in [-0.1, -0.05) is 0 Å². The third-order valence-electron chi connectivity index (χ3n) is 4.86. The molecule has 1 aliphatic carbocycles. The lowest BCUT2D eigenvalue weighted by molar-refractivity contribution is -0.136. The van der Waals surface area contributed by atoms with Crippen molar-refractivity contribution in [3.05, 3.63) is 0 Å². The predicted molar refractivity (Wildman–Crippen MR) is 112 cm³/mol. The Bertz CT molecular complexity index is 419. The molecular weight excluding hydrogens is 352 g/mol. The molecule has 2 fully saturated rings. The van der Waals surface area contributed by atoms with E-state index in [-0.39, 0.29) is 5.92 Å². The standard InChI is InChI=1S/C18H34N4OS2/c1-3-19-18(20-9-4-12-24-2)21-16-7-5-15(6-8-16)17(23)22-10-13-25-14-11-22/h15-16H,3-14H2,1-2H3,(H2,19,20,21). The van der Waals surface area contributed by atoms with Crippen molar-refractivity contribution in [3.8, 4) is 0 Å². The molecule has 5 nitrogen and oxygen atoms in total. The van der Waals surface area contributed by atoms with E-state index in [1.807, 2.05) is 23.5 Å². The molecule has 0 atom stereocenters. The van der Waals surface area contributed by atoms with Crippen LogP contribution in [0.2, 0.25) is 0 Å². The summed E-state index contributed by atoms with van der Waals surface area (Å²) in [6, 6.07) is 0.444. The van der Waals surface area contributed by atoms with Crippen LogP contribution in [0.5, 0.6) is 0 Å². The van der Waals surface area contributed by atoms with Crippen LogP contribution >= 0.6 is 23.5 Å². The molecule has 0 aromatic rings. The fraction of sp³-hybridized carbons (Fsp3) is 0.889. The second-order valence-corrected chi connectivity index (χ2v) is 8.95. The Morgan fingerprint density at radius 1 is 1.24 bits per heavy atom. The van der Waals surface area contributed by atoms with Crippen molar-refractivity contribution in [3.63, 3.8) is 0 Å². The summed E-state index contributed by atoms with van der Waals surface area (Å²) in [5, 5.41) is 6.92. The second-order valence-electron chi connectivity index (χ2n) is 6.74. The van der Waals surface area contributed by atoms with Crippen molar-refractivity contribution in [2.75, 3.05) is 49.7 Å². The summed E-state index contributed by atoms with van der Waals surface area (Å²) in [6.07, 6.45) is 7.39. The van der Waals surface area contributed by atoms with Gasteiger partial charge in [-0.2, -0.15) is 23.5 Å². The van der Waals surface area contributed by atoms with Gasteiger partial charge in [0, 0.05) is 49.6 Å². The van der Waals surface area contributed by atoms with E-state index >= 15 is 0 Å². The summed E-state index contributed by atoms with van der Waals surface area (Å²) in [5.41, 5.74) is 0. The SMILES string of the molecule is CCNC(=NCCCSC)NC1CCC(C(=O)N2CCSCC2)CC1. The quantitative estimate of drug-likeness (QED) is 0.400. The molecule has 25 heavy (non-hydrogen) atoms. The zero-order chi connectivity index (χ0) is 17.9. The van der Waals surface area contributed by atoms with Crippen LogP contribution in [0.1, 0.15) is 39.0 Å². The first-order valence-electron chi connectivity index (χ1n) is 9.65. The fourth-order valence-corrected chi connectivity index (χ4v) is 4.76. The largest absolute Gasteiger partial charge is 0.357 e. The van der Waals surface area contributed by atoms with Gasteiger partial charge in [0.15, 0.2) is 5.96 Å². The van der Waals surface area contributed by atoms with Crippen LogP contribution < -0.4 is 10.6 Å². The lowest BCUT2D eigenvalue weighted by Crippen LogP contribution is -2.47. The molecule has 0 radical (unpaired) electrons. The van der Waals surface area contributed by atoms with Crippen molar-refractivity contribution >= 4 is 35.4 Å². The number of hydrogen-bond donors (Lipinski definition) is 2. The molecule has 0 unspecified atom stereocenters. The van der Waals surface area contributed by atoms with Crippen molar-refractivity contribution in [2.24, 2.45) is 10.9 Å². The molecule has 0 spiro atoms. The minimum absolute atomic E-state index is 0.238. The Hall–Kier alpha value is -0.560.